The van der Waals surface area contributed by atoms with Crippen molar-refractivity contribution in [2.24, 2.45) is 5.92 Å². The van der Waals surface area contributed by atoms with E-state index in [-0.39, 0.29) is 6.04 Å². The van der Waals surface area contributed by atoms with Gasteiger partial charge in [0.1, 0.15) is 11.3 Å². The Labute approximate surface area is 166 Å². The van der Waals surface area contributed by atoms with Crippen LogP contribution in [-0.2, 0) is 0 Å². The molecule has 0 spiro atoms. The lowest BCUT2D eigenvalue weighted by molar-refractivity contribution is 0.419. The second kappa shape index (κ2) is 8.82. The van der Waals surface area contributed by atoms with Gasteiger partial charge in [0.05, 0.1) is 13.2 Å². The summed E-state index contributed by atoms with van der Waals surface area (Å²) in [7, 11) is 1.65. The number of fused-ring (bicyclic) bond motifs is 1. The number of hydrogen-bond acceptors (Lipinski definition) is 3. The Bertz CT molecular complexity index is 912. The Morgan fingerprint density at radius 1 is 1.07 bits per heavy atom. The maximum atomic E-state index is 5.62. The molecule has 0 bridgehead atoms. The van der Waals surface area contributed by atoms with Crippen molar-refractivity contribution in [3.63, 3.8) is 0 Å². The van der Waals surface area contributed by atoms with Crippen LogP contribution in [0.25, 0.3) is 10.9 Å². The van der Waals surface area contributed by atoms with Gasteiger partial charge in [0.15, 0.2) is 5.11 Å². The van der Waals surface area contributed by atoms with E-state index in [0.29, 0.717) is 11.0 Å². The molecule has 140 valence electrons. The molecule has 2 aromatic carbocycles. The van der Waals surface area contributed by atoms with Crippen LogP contribution in [0.3, 0.4) is 0 Å². The highest BCUT2D eigenvalue weighted by atomic mass is 32.1. The molecule has 0 unspecified atom stereocenters. The molecule has 2 N–H and O–H groups in total. The Morgan fingerprint density at radius 3 is 2.56 bits per heavy atom. The Balaban J connectivity index is 1.81. The van der Waals surface area contributed by atoms with Crippen LogP contribution in [0.4, 0.5) is 5.69 Å². The van der Waals surface area contributed by atoms with Gasteiger partial charge in [0.2, 0.25) is 0 Å². The highest BCUT2D eigenvalue weighted by Crippen LogP contribution is 2.30. The SMILES string of the molecule is COc1ccc(NC(=S)N[C@H](CC(C)C)c2ccccc2)c2cccnc12. The fourth-order valence-corrected chi connectivity index (χ4v) is 3.42. The third-order valence-electron chi connectivity index (χ3n) is 4.42. The molecule has 5 heteroatoms. The summed E-state index contributed by atoms with van der Waals surface area (Å²) in [6, 6.07) is 18.4. The second-order valence-electron chi connectivity index (χ2n) is 6.91. The van der Waals surface area contributed by atoms with Gasteiger partial charge in [-0.25, -0.2) is 0 Å². The predicted molar refractivity (Wildman–Crippen MR) is 116 cm³/mol. The van der Waals surface area contributed by atoms with Gasteiger partial charge in [0, 0.05) is 17.3 Å². The number of anilines is 1. The number of benzene rings is 2. The van der Waals surface area contributed by atoms with Crippen molar-refractivity contribution in [2.75, 3.05) is 12.4 Å². The number of hydrogen-bond donors (Lipinski definition) is 2. The lowest BCUT2D eigenvalue weighted by atomic mass is 9.97. The van der Waals surface area contributed by atoms with Gasteiger partial charge in [-0.15, -0.1) is 0 Å². The number of nitrogens with one attached hydrogen (secondary N) is 2. The van der Waals surface area contributed by atoms with E-state index in [2.05, 4.69) is 53.7 Å². The number of nitrogens with zero attached hydrogens (tertiary/aromatic N) is 1. The molecule has 0 radical (unpaired) electrons. The predicted octanol–water partition coefficient (Wildman–Crippen LogP) is 5.32. The van der Waals surface area contributed by atoms with Crippen LogP contribution in [-0.4, -0.2) is 17.2 Å². The summed E-state index contributed by atoms with van der Waals surface area (Å²) in [6.07, 6.45) is 2.76. The molecule has 0 amide bonds. The zero-order chi connectivity index (χ0) is 19.2. The summed E-state index contributed by atoms with van der Waals surface area (Å²) < 4.78 is 5.41. The minimum absolute atomic E-state index is 0.161. The fourth-order valence-electron chi connectivity index (χ4n) is 3.17. The summed E-state index contributed by atoms with van der Waals surface area (Å²) in [6.45, 7) is 4.44. The van der Waals surface area contributed by atoms with Crippen molar-refractivity contribution in [2.45, 2.75) is 26.3 Å². The number of pyridine rings is 1. The van der Waals surface area contributed by atoms with Crippen LogP contribution in [0.15, 0.2) is 60.8 Å². The number of methoxy groups -OCH3 is 1. The second-order valence-corrected chi connectivity index (χ2v) is 7.31. The lowest BCUT2D eigenvalue weighted by Crippen LogP contribution is -2.33. The smallest absolute Gasteiger partial charge is 0.171 e. The van der Waals surface area contributed by atoms with Crippen molar-refractivity contribution in [1.29, 1.82) is 0 Å². The van der Waals surface area contributed by atoms with E-state index in [1.807, 2.05) is 30.3 Å². The van der Waals surface area contributed by atoms with E-state index in [4.69, 9.17) is 17.0 Å². The van der Waals surface area contributed by atoms with E-state index < -0.39 is 0 Å². The molecular weight excluding hydrogens is 354 g/mol. The zero-order valence-electron chi connectivity index (χ0n) is 15.9. The van der Waals surface area contributed by atoms with Gasteiger partial charge in [-0.1, -0.05) is 44.2 Å². The van der Waals surface area contributed by atoms with Gasteiger partial charge in [-0.3, -0.25) is 4.98 Å². The van der Waals surface area contributed by atoms with E-state index in [0.717, 1.165) is 28.8 Å². The number of thiocarbonyl (C=S) groups is 1. The summed E-state index contributed by atoms with van der Waals surface area (Å²) in [5.74, 6) is 1.30. The standard InChI is InChI=1S/C22H25N3OS/c1-15(2)14-19(16-8-5-4-6-9-16)25-22(27)24-18-11-12-20(26-3)21-17(18)10-7-13-23-21/h4-13,15,19H,14H2,1-3H3,(H2,24,25,27)/t19-/m1/s1. The molecule has 0 aliphatic heterocycles. The Morgan fingerprint density at radius 2 is 1.85 bits per heavy atom. The van der Waals surface area contributed by atoms with Crippen LogP contribution in [0.5, 0.6) is 5.75 Å². The molecule has 1 atom stereocenters. The molecule has 3 aromatic rings. The van der Waals surface area contributed by atoms with Gasteiger partial charge in [-0.05, 0) is 54.4 Å². The molecule has 1 aromatic heterocycles. The normalized spacial score (nSPS) is 12.0. The molecule has 3 rings (SSSR count). The molecule has 1 heterocycles. The number of rotatable bonds is 6. The Kier molecular flexibility index (Phi) is 6.24. The molecule has 0 aliphatic rings. The molecule has 27 heavy (non-hydrogen) atoms. The summed E-state index contributed by atoms with van der Waals surface area (Å²) in [5, 5.41) is 8.38. The molecule has 0 saturated carbocycles. The van der Waals surface area contributed by atoms with E-state index in [1.165, 1.54) is 5.56 Å². The van der Waals surface area contributed by atoms with Crippen LogP contribution in [0.2, 0.25) is 0 Å². The molecular formula is C22H25N3OS. The minimum Gasteiger partial charge on any atom is -0.494 e. The quantitative estimate of drug-likeness (QED) is 0.568. The van der Waals surface area contributed by atoms with Gasteiger partial charge < -0.3 is 15.4 Å². The fraction of sp³-hybridized carbons (Fsp3) is 0.273. The maximum absolute atomic E-state index is 5.62. The van der Waals surface area contributed by atoms with Crippen LogP contribution in [0, 0.1) is 5.92 Å². The van der Waals surface area contributed by atoms with Gasteiger partial charge in [0.25, 0.3) is 0 Å². The van der Waals surface area contributed by atoms with Crippen LogP contribution >= 0.6 is 12.2 Å². The van der Waals surface area contributed by atoms with Crippen molar-refractivity contribution in [1.82, 2.24) is 10.3 Å². The average Bonchev–Trinajstić information content (AvgIpc) is 2.68. The van der Waals surface area contributed by atoms with Crippen LogP contribution < -0.4 is 15.4 Å². The molecule has 0 saturated heterocycles. The van der Waals surface area contributed by atoms with Crippen molar-refractivity contribution in [3.8, 4) is 5.75 Å². The highest BCUT2D eigenvalue weighted by Gasteiger charge is 2.15. The van der Waals surface area contributed by atoms with E-state index in [1.54, 1.807) is 13.3 Å². The Hall–Kier alpha value is -2.66. The van der Waals surface area contributed by atoms with Gasteiger partial charge >= 0.3 is 0 Å². The molecule has 4 nitrogen and oxygen atoms in total. The first-order valence-electron chi connectivity index (χ1n) is 9.12. The zero-order valence-corrected chi connectivity index (χ0v) is 16.7. The lowest BCUT2D eigenvalue weighted by Gasteiger charge is -2.23. The number of aromatic nitrogens is 1. The van der Waals surface area contributed by atoms with Crippen LogP contribution in [0.1, 0.15) is 31.9 Å². The average molecular weight is 380 g/mol. The molecule has 0 aliphatic carbocycles. The van der Waals surface area contributed by atoms with Crippen molar-refractivity contribution >= 4 is 33.9 Å². The summed E-state index contributed by atoms with van der Waals surface area (Å²) >= 11 is 5.62. The third-order valence-corrected chi connectivity index (χ3v) is 4.64. The topological polar surface area (TPSA) is 46.2 Å². The largest absolute Gasteiger partial charge is 0.494 e. The highest BCUT2D eigenvalue weighted by molar-refractivity contribution is 7.80. The van der Waals surface area contributed by atoms with Crippen molar-refractivity contribution < 1.29 is 4.74 Å². The van der Waals surface area contributed by atoms with E-state index >= 15 is 0 Å². The third kappa shape index (κ3) is 4.74. The minimum atomic E-state index is 0.161. The first-order chi connectivity index (χ1) is 13.1. The van der Waals surface area contributed by atoms with Gasteiger partial charge in [-0.2, -0.15) is 0 Å². The maximum Gasteiger partial charge on any atom is 0.171 e. The molecule has 0 fully saturated rings. The monoisotopic (exact) mass is 379 g/mol. The first-order valence-corrected chi connectivity index (χ1v) is 9.53. The first kappa shape index (κ1) is 19.1. The summed E-state index contributed by atoms with van der Waals surface area (Å²) in [4.78, 5) is 4.44. The summed E-state index contributed by atoms with van der Waals surface area (Å²) in [5.41, 5.74) is 2.96. The number of ether oxygens (including phenoxy) is 1. The van der Waals surface area contributed by atoms with Crippen molar-refractivity contribution in [3.05, 3.63) is 66.4 Å². The van der Waals surface area contributed by atoms with E-state index in [9.17, 15) is 0 Å².